The highest BCUT2D eigenvalue weighted by molar-refractivity contribution is 5.93. The zero-order valence-electron chi connectivity index (χ0n) is 33.9. The standard InChI is InChI=1S/C46H52O11/c1-10-39(47)57-46(8,9)30-29-45(6,7)56-38-21-15-33(16-22-38)42(50)54-36-25-23-35(24-26-36)53-40(48)31-11-17-34(18-12-31)52-41(49)32-13-19-37(20-14-32)55-44(4,5)28-27-43(2,3)51/h10-26,51H,1,27-30H2,2-9H3. The molecule has 0 fully saturated rings. The molecule has 4 aromatic carbocycles. The van der Waals surface area contributed by atoms with Crippen LogP contribution in [0.3, 0.4) is 0 Å². The monoisotopic (exact) mass is 780 g/mol. The van der Waals surface area contributed by atoms with E-state index in [2.05, 4.69) is 6.58 Å². The molecule has 4 rings (SSSR count). The summed E-state index contributed by atoms with van der Waals surface area (Å²) in [7, 11) is 0. The maximum Gasteiger partial charge on any atom is 0.343 e. The lowest BCUT2D eigenvalue weighted by atomic mass is 9.93. The Bertz CT molecular complexity index is 2000. The van der Waals surface area contributed by atoms with Crippen LogP contribution in [0.25, 0.3) is 0 Å². The molecule has 0 aliphatic carbocycles. The van der Waals surface area contributed by atoms with Crippen molar-refractivity contribution >= 4 is 23.9 Å². The lowest BCUT2D eigenvalue weighted by Crippen LogP contribution is -2.34. The highest BCUT2D eigenvalue weighted by Crippen LogP contribution is 2.29. The molecule has 0 aliphatic rings. The van der Waals surface area contributed by atoms with Crippen molar-refractivity contribution in [3.8, 4) is 28.7 Å². The van der Waals surface area contributed by atoms with Gasteiger partial charge in [0.05, 0.1) is 22.3 Å². The van der Waals surface area contributed by atoms with Crippen molar-refractivity contribution < 1.29 is 52.7 Å². The smallest absolute Gasteiger partial charge is 0.343 e. The number of aliphatic hydroxyl groups is 1. The van der Waals surface area contributed by atoms with Gasteiger partial charge in [-0.05, 0) is 178 Å². The minimum atomic E-state index is -0.791. The molecule has 11 nitrogen and oxygen atoms in total. The van der Waals surface area contributed by atoms with E-state index in [0.717, 1.165) is 6.08 Å². The fourth-order valence-corrected chi connectivity index (χ4v) is 5.36. The average Bonchev–Trinajstić information content (AvgIpc) is 3.14. The van der Waals surface area contributed by atoms with Gasteiger partial charge in [-0.15, -0.1) is 0 Å². The molecule has 11 heteroatoms. The fourth-order valence-electron chi connectivity index (χ4n) is 5.36. The number of ether oxygens (including phenoxy) is 6. The van der Waals surface area contributed by atoms with Gasteiger partial charge in [-0.3, -0.25) is 0 Å². The molecule has 0 unspecified atom stereocenters. The number of benzene rings is 4. The predicted molar refractivity (Wildman–Crippen MR) is 215 cm³/mol. The number of carbonyl (C=O) groups is 4. The second kappa shape index (κ2) is 18.3. The summed E-state index contributed by atoms with van der Waals surface area (Å²) < 4.78 is 34.1. The van der Waals surface area contributed by atoms with Crippen molar-refractivity contribution in [3.63, 3.8) is 0 Å². The summed E-state index contributed by atoms with van der Waals surface area (Å²) in [5.41, 5.74) is -1.70. The molecule has 0 amide bonds. The second-order valence-electron chi connectivity index (χ2n) is 16.1. The molecule has 0 spiro atoms. The Hall–Kier alpha value is -5.94. The number of esters is 4. The summed E-state index contributed by atoms with van der Waals surface area (Å²) in [6, 6.07) is 25.1. The van der Waals surface area contributed by atoms with Crippen molar-refractivity contribution in [1.29, 1.82) is 0 Å². The number of carbonyl (C=O) groups excluding carboxylic acids is 4. The van der Waals surface area contributed by atoms with Gasteiger partial charge in [0.25, 0.3) is 0 Å². The first-order chi connectivity index (χ1) is 26.6. The van der Waals surface area contributed by atoms with Crippen molar-refractivity contribution in [2.45, 2.75) is 103 Å². The number of rotatable bonds is 18. The third-order valence-electron chi connectivity index (χ3n) is 8.73. The van der Waals surface area contributed by atoms with E-state index in [4.69, 9.17) is 28.4 Å². The summed E-state index contributed by atoms with van der Waals surface area (Å²) >= 11 is 0. The predicted octanol–water partition coefficient (Wildman–Crippen LogP) is 9.50. The summed E-state index contributed by atoms with van der Waals surface area (Å²) in [6.45, 7) is 18.4. The third-order valence-corrected chi connectivity index (χ3v) is 8.73. The quantitative estimate of drug-likeness (QED) is 0.0586. The Morgan fingerprint density at radius 1 is 0.474 bits per heavy atom. The molecule has 302 valence electrons. The summed E-state index contributed by atoms with van der Waals surface area (Å²) in [4.78, 5) is 50.0. The van der Waals surface area contributed by atoms with Crippen molar-refractivity contribution in [1.82, 2.24) is 0 Å². The number of hydrogen-bond donors (Lipinski definition) is 1. The van der Waals surface area contributed by atoms with E-state index in [1.807, 2.05) is 41.5 Å². The molecule has 0 saturated carbocycles. The summed E-state index contributed by atoms with van der Waals surface area (Å²) in [5.74, 6) is -0.398. The van der Waals surface area contributed by atoms with Gasteiger partial charge < -0.3 is 33.5 Å². The van der Waals surface area contributed by atoms with Crippen LogP contribution in [-0.2, 0) is 9.53 Å². The lowest BCUT2D eigenvalue weighted by molar-refractivity contribution is -0.151. The Labute approximate surface area is 334 Å². The Morgan fingerprint density at radius 3 is 1.07 bits per heavy atom. The lowest BCUT2D eigenvalue weighted by Gasteiger charge is -2.31. The van der Waals surface area contributed by atoms with Crippen LogP contribution in [0.1, 0.15) is 112 Å². The van der Waals surface area contributed by atoms with Crippen LogP contribution in [0.15, 0.2) is 110 Å². The topological polar surface area (TPSA) is 144 Å². The van der Waals surface area contributed by atoms with Crippen LogP contribution in [0.4, 0.5) is 0 Å². The van der Waals surface area contributed by atoms with E-state index in [1.165, 1.54) is 48.5 Å². The van der Waals surface area contributed by atoms with E-state index < -0.39 is 46.3 Å². The molecule has 0 aromatic heterocycles. The van der Waals surface area contributed by atoms with Gasteiger partial charge in [0.2, 0.25) is 0 Å². The van der Waals surface area contributed by atoms with Crippen molar-refractivity contribution in [2.75, 3.05) is 0 Å². The van der Waals surface area contributed by atoms with Crippen LogP contribution < -0.4 is 23.7 Å². The molecule has 0 heterocycles. The zero-order chi connectivity index (χ0) is 42.0. The van der Waals surface area contributed by atoms with E-state index in [0.29, 0.717) is 48.3 Å². The fraction of sp³-hybridized carbons (Fsp3) is 0.348. The Morgan fingerprint density at radius 2 is 0.754 bits per heavy atom. The van der Waals surface area contributed by atoms with E-state index >= 15 is 0 Å². The summed E-state index contributed by atoms with van der Waals surface area (Å²) in [6.07, 6.45) is 3.52. The van der Waals surface area contributed by atoms with Crippen LogP contribution >= 0.6 is 0 Å². The Balaban J connectivity index is 1.23. The molecule has 0 atom stereocenters. The molecule has 0 bridgehead atoms. The number of hydrogen-bond acceptors (Lipinski definition) is 11. The molecule has 1 N–H and O–H groups in total. The first kappa shape index (κ1) is 43.8. The molecule has 57 heavy (non-hydrogen) atoms. The molecular weight excluding hydrogens is 728 g/mol. The van der Waals surface area contributed by atoms with Gasteiger partial charge in [-0.25, -0.2) is 19.2 Å². The maximum absolute atomic E-state index is 12.8. The van der Waals surface area contributed by atoms with E-state index in [9.17, 15) is 24.3 Å². The third kappa shape index (κ3) is 14.6. The van der Waals surface area contributed by atoms with Crippen LogP contribution in [0.5, 0.6) is 28.7 Å². The van der Waals surface area contributed by atoms with Gasteiger partial charge in [-0.2, -0.15) is 0 Å². The van der Waals surface area contributed by atoms with Gasteiger partial charge in [-0.1, -0.05) is 6.58 Å². The van der Waals surface area contributed by atoms with E-state index in [1.54, 1.807) is 62.4 Å². The van der Waals surface area contributed by atoms with Crippen LogP contribution in [0, 0.1) is 0 Å². The molecule has 0 radical (unpaired) electrons. The van der Waals surface area contributed by atoms with Crippen molar-refractivity contribution in [2.24, 2.45) is 0 Å². The minimum absolute atomic E-state index is 0.229. The van der Waals surface area contributed by atoms with Gasteiger partial charge >= 0.3 is 23.9 Å². The maximum atomic E-state index is 12.8. The van der Waals surface area contributed by atoms with Gasteiger partial charge in [0.1, 0.15) is 45.6 Å². The van der Waals surface area contributed by atoms with Gasteiger partial charge in [0, 0.05) is 6.08 Å². The van der Waals surface area contributed by atoms with Crippen molar-refractivity contribution in [3.05, 3.63) is 126 Å². The molecule has 4 aromatic rings. The second-order valence-corrected chi connectivity index (χ2v) is 16.1. The Kier molecular flexibility index (Phi) is 14.1. The molecular formula is C46H52O11. The first-order valence-electron chi connectivity index (χ1n) is 18.6. The highest BCUT2D eigenvalue weighted by atomic mass is 16.6. The van der Waals surface area contributed by atoms with Crippen LogP contribution in [-0.4, -0.2) is 51.4 Å². The van der Waals surface area contributed by atoms with Gasteiger partial charge in [0.15, 0.2) is 0 Å². The molecule has 0 aliphatic heterocycles. The van der Waals surface area contributed by atoms with E-state index in [-0.39, 0.29) is 22.8 Å². The SMILES string of the molecule is C=CC(=O)OC(C)(C)CCC(C)(C)Oc1ccc(C(=O)Oc2ccc(OC(=O)c3ccc(OC(=O)c4ccc(OC(C)(C)CCC(C)(C)O)cc4)cc3)cc2)cc1. The normalized spacial score (nSPS) is 11.9. The largest absolute Gasteiger partial charge is 0.488 e. The first-order valence-corrected chi connectivity index (χ1v) is 18.6. The van der Waals surface area contributed by atoms with Crippen LogP contribution in [0.2, 0.25) is 0 Å². The summed E-state index contributed by atoms with van der Waals surface area (Å²) in [5, 5.41) is 10.0. The highest BCUT2D eigenvalue weighted by Gasteiger charge is 2.29. The molecule has 0 saturated heterocycles. The zero-order valence-corrected chi connectivity index (χ0v) is 33.9. The average molecular weight is 781 g/mol. The minimum Gasteiger partial charge on any atom is -0.488 e.